The summed E-state index contributed by atoms with van der Waals surface area (Å²) in [4.78, 5) is 15.0. The van der Waals surface area contributed by atoms with Gasteiger partial charge in [-0.15, -0.1) is 0 Å². The Morgan fingerprint density at radius 1 is 1.13 bits per heavy atom. The van der Waals surface area contributed by atoms with Crippen LogP contribution >= 0.6 is 0 Å². The number of nitrogens with zero attached hydrogens (tertiary/aromatic N) is 1. The molecule has 3 nitrogen and oxygen atoms in total. The fraction of sp³-hybridized carbons (Fsp3) is 0.550. The van der Waals surface area contributed by atoms with Crippen LogP contribution in [0.5, 0.6) is 0 Å². The predicted octanol–water partition coefficient (Wildman–Crippen LogP) is 3.46. The zero-order valence-corrected chi connectivity index (χ0v) is 14.5. The molecule has 124 valence electrons. The predicted molar refractivity (Wildman–Crippen MR) is 94.1 cm³/mol. The summed E-state index contributed by atoms with van der Waals surface area (Å²) in [5.74, 6) is 1.63. The topological polar surface area (TPSA) is 32.3 Å². The van der Waals surface area contributed by atoms with Gasteiger partial charge in [-0.3, -0.25) is 9.69 Å². The fourth-order valence-corrected chi connectivity index (χ4v) is 4.02. The highest BCUT2D eigenvalue weighted by Crippen LogP contribution is 2.33. The Hall–Kier alpha value is -1.61. The molecule has 0 bridgehead atoms. The number of amides is 1. The van der Waals surface area contributed by atoms with E-state index in [2.05, 4.69) is 48.3 Å². The van der Waals surface area contributed by atoms with E-state index < -0.39 is 0 Å². The van der Waals surface area contributed by atoms with E-state index in [1.165, 1.54) is 24.0 Å². The van der Waals surface area contributed by atoms with Gasteiger partial charge in [-0.1, -0.05) is 36.4 Å². The minimum atomic E-state index is -0.0490. The highest BCUT2D eigenvalue weighted by atomic mass is 16.2. The van der Waals surface area contributed by atoms with Gasteiger partial charge in [0.15, 0.2) is 0 Å². The second kappa shape index (κ2) is 6.88. The normalized spacial score (nSPS) is 26.6. The first-order chi connectivity index (χ1) is 11.1. The van der Waals surface area contributed by atoms with Gasteiger partial charge in [-0.25, -0.2) is 0 Å². The van der Waals surface area contributed by atoms with Gasteiger partial charge in [0.1, 0.15) is 0 Å². The zero-order valence-electron chi connectivity index (χ0n) is 14.5. The first-order valence-corrected chi connectivity index (χ1v) is 8.81. The van der Waals surface area contributed by atoms with Crippen LogP contribution in [0, 0.1) is 18.8 Å². The largest absolute Gasteiger partial charge is 0.348 e. The lowest BCUT2D eigenvalue weighted by Crippen LogP contribution is -2.45. The number of benzene rings is 1. The molecule has 1 amide bonds. The third-order valence-corrected chi connectivity index (χ3v) is 5.59. The van der Waals surface area contributed by atoms with E-state index in [9.17, 15) is 4.79 Å². The van der Waals surface area contributed by atoms with Crippen LogP contribution in [-0.2, 0) is 4.79 Å². The Morgan fingerprint density at radius 3 is 2.35 bits per heavy atom. The number of aryl methyl sites for hydroxylation is 1. The maximum Gasteiger partial charge on any atom is 0.237 e. The van der Waals surface area contributed by atoms with Crippen molar-refractivity contribution in [2.45, 2.75) is 45.7 Å². The van der Waals surface area contributed by atoms with E-state index in [1.54, 1.807) is 0 Å². The summed E-state index contributed by atoms with van der Waals surface area (Å²) in [6, 6.07) is 8.27. The molecule has 1 aliphatic heterocycles. The number of allylic oxidation sites excluding steroid dienone is 2. The molecule has 0 unspecified atom stereocenters. The van der Waals surface area contributed by atoms with E-state index in [0.717, 1.165) is 24.9 Å². The molecule has 0 spiro atoms. The number of nitrogens with one attached hydrogen (secondary N) is 1. The maximum atomic E-state index is 12.7. The quantitative estimate of drug-likeness (QED) is 0.864. The minimum absolute atomic E-state index is 0.0490. The minimum Gasteiger partial charge on any atom is -0.348 e. The third-order valence-electron chi connectivity index (χ3n) is 5.59. The molecule has 1 heterocycles. The van der Waals surface area contributed by atoms with Crippen molar-refractivity contribution >= 4 is 5.91 Å². The lowest BCUT2D eigenvalue weighted by Gasteiger charge is -2.26. The molecule has 1 fully saturated rings. The lowest BCUT2D eigenvalue weighted by atomic mass is 9.86. The van der Waals surface area contributed by atoms with Gasteiger partial charge in [-0.2, -0.15) is 0 Å². The van der Waals surface area contributed by atoms with E-state index in [-0.39, 0.29) is 18.0 Å². The summed E-state index contributed by atoms with van der Waals surface area (Å²) in [5, 5.41) is 3.20. The van der Waals surface area contributed by atoms with Gasteiger partial charge in [0.2, 0.25) is 5.91 Å². The second-order valence-electron chi connectivity index (χ2n) is 7.18. The van der Waals surface area contributed by atoms with Crippen LogP contribution in [-0.4, -0.2) is 29.9 Å². The van der Waals surface area contributed by atoms with Crippen LogP contribution in [0.15, 0.2) is 36.4 Å². The first-order valence-electron chi connectivity index (χ1n) is 8.81. The molecule has 1 saturated heterocycles. The molecule has 2 aliphatic rings. The van der Waals surface area contributed by atoms with Gasteiger partial charge >= 0.3 is 0 Å². The summed E-state index contributed by atoms with van der Waals surface area (Å²) in [6.45, 7) is 8.33. The Morgan fingerprint density at radius 2 is 1.74 bits per heavy atom. The van der Waals surface area contributed by atoms with Crippen LogP contribution in [0.4, 0.5) is 0 Å². The molecule has 4 atom stereocenters. The highest BCUT2D eigenvalue weighted by molar-refractivity contribution is 5.81. The number of likely N-dealkylation sites (tertiary alicyclic amines) is 1. The molecule has 1 aromatic rings. The Balaban J connectivity index is 1.59. The van der Waals surface area contributed by atoms with Crippen molar-refractivity contribution in [3.05, 3.63) is 47.5 Å². The lowest BCUT2D eigenvalue weighted by molar-refractivity contribution is -0.126. The maximum absolute atomic E-state index is 12.7. The highest BCUT2D eigenvalue weighted by Gasteiger charge is 2.36. The van der Waals surface area contributed by atoms with Gasteiger partial charge in [0, 0.05) is 13.1 Å². The van der Waals surface area contributed by atoms with Crippen LogP contribution in [0.25, 0.3) is 0 Å². The number of fused-ring (bicyclic) bond motifs is 1. The summed E-state index contributed by atoms with van der Waals surface area (Å²) >= 11 is 0. The summed E-state index contributed by atoms with van der Waals surface area (Å²) in [5.41, 5.74) is 2.43. The van der Waals surface area contributed by atoms with Gasteiger partial charge in [0.25, 0.3) is 0 Å². The number of carbonyl (C=O) groups is 1. The Bertz CT molecular complexity index is 579. The van der Waals surface area contributed by atoms with Gasteiger partial charge in [0.05, 0.1) is 12.1 Å². The third kappa shape index (κ3) is 3.50. The molecule has 0 saturated carbocycles. The molecular weight excluding hydrogens is 284 g/mol. The first kappa shape index (κ1) is 16.3. The van der Waals surface area contributed by atoms with Gasteiger partial charge in [-0.05, 0) is 56.6 Å². The monoisotopic (exact) mass is 312 g/mol. The molecule has 3 heteroatoms. The summed E-state index contributed by atoms with van der Waals surface area (Å²) in [6.07, 6.45) is 6.95. The molecule has 1 aromatic carbocycles. The number of carbonyl (C=O) groups excluding carboxylic acids is 1. The molecule has 3 rings (SSSR count). The van der Waals surface area contributed by atoms with E-state index >= 15 is 0 Å². The smallest absolute Gasteiger partial charge is 0.237 e. The van der Waals surface area contributed by atoms with Crippen molar-refractivity contribution in [1.82, 2.24) is 10.2 Å². The van der Waals surface area contributed by atoms with Crippen molar-refractivity contribution in [2.75, 3.05) is 13.1 Å². The van der Waals surface area contributed by atoms with Crippen LogP contribution in [0.1, 0.15) is 43.9 Å². The Labute approximate surface area is 139 Å². The van der Waals surface area contributed by atoms with E-state index in [0.29, 0.717) is 0 Å². The fourth-order valence-electron chi connectivity index (χ4n) is 4.02. The molecular formula is C20H28N2O. The molecule has 0 radical (unpaired) electrons. The number of rotatable bonds is 4. The van der Waals surface area contributed by atoms with Crippen molar-refractivity contribution in [2.24, 2.45) is 11.8 Å². The van der Waals surface area contributed by atoms with Crippen LogP contribution in [0.3, 0.4) is 0 Å². The SMILES string of the molecule is Cc1ccccc1[C@H](C)NC(=O)[C@H](C)N1C[C@H]2CC=CC[C@@H]2C1. The van der Waals surface area contributed by atoms with Crippen LogP contribution in [0.2, 0.25) is 0 Å². The van der Waals surface area contributed by atoms with E-state index in [4.69, 9.17) is 0 Å². The zero-order chi connectivity index (χ0) is 16.4. The summed E-state index contributed by atoms with van der Waals surface area (Å²) in [7, 11) is 0. The summed E-state index contributed by atoms with van der Waals surface area (Å²) < 4.78 is 0. The van der Waals surface area contributed by atoms with Crippen molar-refractivity contribution in [3.63, 3.8) is 0 Å². The molecule has 1 aliphatic carbocycles. The molecule has 0 aromatic heterocycles. The Kier molecular flexibility index (Phi) is 4.86. The van der Waals surface area contributed by atoms with Gasteiger partial charge < -0.3 is 5.32 Å². The average Bonchev–Trinajstić information content (AvgIpc) is 2.98. The number of hydrogen-bond acceptors (Lipinski definition) is 2. The van der Waals surface area contributed by atoms with Crippen molar-refractivity contribution in [3.8, 4) is 0 Å². The van der Waals surface area contributed by atoms with Crippen molar-refractivity contribution < 1.29 is 4.79 Å². The second-order valence-corrected chi connectivity index (χ2v) is 7.18. The average molecular weight is 312 g/mol. The molecule has 23 heavy (non-hydrogen) atoms. The standard InChI is InChI=1S/C20H28N2O/c1-14-8-4-7-11-19(14)15(2)21-20(23)16(3)22-12-17-9-5-6-10-18(17)13-22/h4-8,11,15-18H,9-10,12-13H2,1-3H3,(H,21,23)/t15-,16-,17+,18+/m0/s1. The molecule has 1 N–H and O–H groups in total. The van der Waals surface area contributed by atoms with Crippen molar-refractivity contribution in [1.29, 1.82) is 0 Å². The van der Waals surface area contributed by atoms with Crippen LogP contribution < -0.4 is 5.32 Å². The van der Waals surface area contributed by atoms with E-state index in [1.807, 2.05) is 19.1 Å². The number of hydrogen-bond donors (Lipinski definition) is 1.